The Morgan fingerprint density at radius 1 is 0.841 bits per heavy atom. The van der Waals surface area contributed by atoms with Crippen molar-refractivity contribution < 1.29 is 22.1 Å². The van der Waals surface area contributed by atoms with Crippen molar-refractivity contribution >= 4 is 85.2 Å². The van der Waals surface area contributed by atoms with E-state index < -0.39 is 10.1 Å². The van der Waals surface area contributed by atoms with Gasteiger partial charge in [-0.05, 0) is 104 Å². The molecule has 4 aromatic carbocycles. The molecule has 1 fully saturated rings. The Kier molecular flexibility index (Phi) is 9.34. The number of carbonyl (C=O) groups is 1. The van der Waals surface area contributed by atoms with Gasteiger partial charge < -0.3 is 8.92 Å². The van der Waals surface area contributed by atoms with E-state index in [0.717, 1.165) is 28.5 Å². The topological polar surface area (TPSA) is 85.3 Å². The number of hydrogen-bond donors (Lipinski definition) is 0. The van der Waals surface area contributed by atoms with E-state index >= 15 is 0 Å². The summed E-state index contributed by atoms with van der Waals surface area (Å²) >= 11 is 20.4. The highest BCUT2D eigenvalue weighted by atomic mass is 35.5. The van der Waals surface area contributed by atoms with E-state index in [1.807, 2.05) is 39.0 Å². The number of carbonyl (C=O) groups excluding carboxylic acids is 1. The predicted octanol–water partition coefficient (Wildman–Crippen LogP) is 9.16. The van der Waals surface area contributed by atoms with Crippen LogP contribution >= 0.6 is 46.6 Å². The van der Waals surface area contributed by atoms with E-state index in [1.54, 1.807) is 36.4 Å². The van der Waals surface area contributed by atoms with Crippen LogP contribution in [0.25, 0.3) is 6.08 Å². The summed E-state index contributed by atoms with van der Waals surface area (Å²) in [4.78, 5) is 20.3. The first-order valence-electron chi connectivity index (χ1n) is 13.1. The van der Waals surface area contributed by atoms with Gasteiger partial charge in [0.25, 0.3) is 5.91 Å². The molecule has 0 spiro atoms. The van der Waals surface area contributed by atoms with E-state index in [2.05, 4.69) is 0 Å². The summed E-state index contributed by atoms with van der Waals surface area (Å²) in [5.41, 5.74) is 4.25. The first kappa shape index (κ1) is 31.9. The number of amides is 1. The summed E-state index contributed by atoms with van der Waals surface area (Å²) in [7, 11) is -2.83. The van der Waals surface area contributed by atoms with E-state index in [1.165, 1.54) is 36.3 Å². The van der Waals surface area contributed by atoms with Crippen LogP contribution in [0.1, 0.15) is 22.3 Å². The molecule has 1 aliphatic heterocycles. The van der Waals surface area contributed by atoms with Gasteiger partial charge in [-0.15, -0.1) is 0 Å². The minimum atomic E-state index is -4.20. The molecule has 0 aliphatic carbocycles. The lowest BCUT2D eigenvalue weighted by molar-refractivity contribution is -0.113. The molecule has 0 unspecified atom stereocenters. The number of nitrogens with zero attached hydrogens (tertiary/aromatic N) is 2. The Morgan fingerprint density at radius 2 is 1.50 bits per heavy atom. The summed E-state index contributed by atoms with van der Waals surface area (Å²) in [5, 5.41) is 1.43. The second kappa shape index (κ2) is 12.9. The molecule has 0 N–H and O–H groups in total. The molecule has 0 saturated carbocycles. The minimum absolute atomic E-state index is 0.0207. The van der Waals surface area contributed by atoms with Gasteiger partial charge in [0.2, 0.25) is 5.75 Å². The minimum Gasteiger partial charge on any atom is -0.493 e. The van der Waals surface area contributed by atoms with Crippen molar-refractivity contribution in [3.63, 3.8) is 0 Å². The van der Waals surface area contributed by atoms with Gasteiger partial charge in [0, 0.05) is 10.0 Å². The summed E-state index contributed by atoms with van der Waals surface area (Å²) < 4.78 is 36.7. The standard InChI is InChI=1S/C32H25Cl3N2O5S2/c1-18-5-11-24(12-6-18)44(39,40)42-30-27(35)13-21(14-28(30)41-4)15-29-31(38)37(23-10-8-20(3)26(34)17-23)32(43-29)36-22-9-7-19(2)25(33)16-22/h5-17H,1-4H3/b29-15+,36-32?. The van der Waals surface area contributed by atoms with Crippen LogP contribution in [0.15, 0.2) is 87.6 Å². The number of anilines is 1. The second-order valence-electron chi connectivity index (χ2n) is 9.90. The van der Waals surface area contributed by atoms with Crippen molar-refractivity contribution in [3.05, 3.63) is 115 Å². The van der Waals surface area contributed by atoms with Crippen molar-refractivity contribution in [3.8, 4) is 11.5 Å². The van der Waals surface area contributed by atoms with Crippen molar-refractivity contribution in [2.24, 2.45) is 4.99 Å². The molecule has 226 valence electrons. The molecule has 5 rings (SSSR count). The summed E-state index contributed by atoms with van der Waals surface area (Å²) in [6, 6.07) is 20.0. The monoisotopic (exact) mass is 686 g/mol. The highest BCUT2D eigenvalue weighted by Crippen LogP contribution is 2.42. The first-order valence-corrected chi connectivity index (χ1v) is 16.5. The maximum Gasteiger partial charge on any atom is 0.339 e. The Bertz CT molecular complexity index is 1960. The van der Waals surface area contributed by atoms with Gasteiger partial charge in [-0.3, -0.25) is 9.69 Å². The fraction of sp³-hybridized carbons (Fsp3) is 0.125. The third kappa shape index (κ3) is 6.77. The molecule has 1 aliphatic rings. The zero-order valence-electron chi connectivity index (χ0n) is 23.9. The van der Waals surface area contributed by atoms with E-state index in [4.69, 9.17) is 48.7 Å². The summed E-state index contributed by atoms with van der Waals surface area (Å²) in [5.74, 6) is -0.443. The SMILES string of the molecule is COc1cc(/C=C2/SC(=Nc3ccc(C)c(Cl)c3)N(c3ccc(C)c(Cl)c3)C2=O)cc(Cl)c1OS(=O)(=O)c1ccc(C)cc1. The third-order valence-corrected chi connectivity index (χ3v) is 9.95. The second-order valence-corrected chi connectivity index (χ2v) is 13.7. The molecule has 1 amide bonds. The van der Waals surface area contributed by atoms with Crippen LogP contribution in [-0.2, 0) is 14.9 Å². The van der Waals surface area contributed by atoms with Crippen LogP contribution in [0.5, 0.6) is 11.5 Å². The molecule has 4 aromatic rings. The molecule has 12 heteroatoms. The lowest BCUT2D eigenvalue weighted by Crippen LogP contribution is -2.28. The van der Waals surface area contributed by atoms with Crippen molar-refractivity contribution in [2.45, 2.75) is 25.7 Å². The lowest BCUT2D eigenvalue weighted by Gasteiger charge is -2.16. The Hall–Kier alpha value is -3.47. The van der Waals surface area contributed by atoms with E-state index in [0.29, 0.717) is 37.1 Å². The fourth-order valence-corrected chi connectivity index (χ4v) is 6.79. The normalized spacial score (nSPS) is 15.3. The first-order chi connectivity index (χ1) is 20.9. The molecule has 0 bridgehead atoms. The number of ether oxygens (including phenoxy) is 1. The number of aryl methyl sites for hydroxylation is 3. The van der Waals surface area contributed by atoms with Gasteiger partial charge in [-0.1, -0.05) is 64.6 Å². The van der Waals surface area contributed by atoms with Crippen molar-refractivity contribution in [1.29, 1.82) is 0 Å². The number of methoxy groups -OCH3 is 1. The molecule has 1 saturated heterocycles. The maximum absolute atomic E-state index is 13.8. The van der Waals surface area contributed by atoms with E-state index in [-0.39, 0.29) is 27.3 Å². The number of benzene rings is 4. The molecule has 7 nitrogen and oxygen atoms in total. The Labute approximate surface area is 275 Å². The number of thioether (sulfide) groups is 1. The number of amidine groups is 1. The lowest BCUT2D eigenvalue weighted by atomic mass is 10.1. The van der Waals surface area contributed by atoms with Crippen LogP contribution in [0.4, 0.5) is 11.4 Å². The largest absolute Gasteiger partial charge is 0.493 e. The van der Waals surface area contributed by atoms with Crippen LogP contribution in [-0.4, -0.2) is 26.6 Å². The van der Waals surface area contributed by atoms with Gasteiger partial charge in [0.05, 0.1) is 28.4 Å². The number of rotatable bonds is 7. The number of aliphatic imine (C=N–C) groups is 1. The van der Waals surface area contributed by atoms with E-state index in [9.17, 15) is 13.2 Å². The maximum atomic E-state index is 13.8. The van der Waals surface area contributed by atoms with Gasteiger partial charge in [0.15, 0.2) is 10.9 Å². The molecule has 1 heterocycles. The van der Waals surface area contributed by atoms with Crippen LogP contribution in [0.2, 0.25) is 15.1 Å². The highest BCUT2D eigenvalue weighted by molar-refractivity contribution is 8.19. The highest BCUT2D eigenvalue weighted by Gasteiger charge is 2.35. The van der Waals surface area contributed by atoms with Gasteiger partial charge in [0.1, 0.15) is 4.90 Å². The predicted molar refractivity (Wildman–Crippen MR) is 180 cm³/mol. The molecular formula is C32H25Cl3N2O5S2. The zero-order chi connectivity index (χ0) is 31.8. The quantitative estimate of drug-likeness (QED) is 0.142. The van der Waals surface area contributed by atoms with Gasteiger partial charge >= 0.3 is 10.1 Å². The average Bonchev–Trinajstić information content (AvgIpc) is 3.27. The number of hydrogen-bond acceptors (Lipinski definition) is 7. The van der Waals surface area contributed by atoms with Crippen LogP contribution in [0.3, 0.4) is 0 Å². The molecule has 0 atom stereocenters. The Balaban J connectivity index is 1.53. The fourth-order valence-electron chi connectivity index (χ4n) is 4.18. The number of halogens is 3. The van der Waals surface area contributed by atoms with Crippen molar-refractivity contribution in [2.75, 3.05) is 12.0 Å². The third-order valence-electron chi connectivity index (χ3n) is 6.65. The molecular weight excluding hydrogens is 663 g/mol. The van der Waals surface area contributed by atoms with Crippen LogP contribution < -0.4 is 13.8 Å². The molecule has 0 aromatic heterocycles. The molecule has 44 heavy (non-hydrogen) atoms. The van der Waals surface area contributed by atoms with Gasteiger partial charge in [-0.2, -0.15) is 8.42 Å². The zero-order valence-corrected chi connectivity index (χ0v) is 27.8. The van der Waals surface area contributed by atoms with Crippen molar-refractivity contribution in [1.82, 2.24) is 0 Å². The molecule has 0 radical (unpaired) electrons. The van der Waals surface area contributed by atoms with Gasteiger partial charge in [-0.25, -0.2) is 4.99 Å². The smallest absolute Gasteiger partial charge is 0.339 e. The van der Waals surface area contributed by atoms with Crippen LogP contribution in [0, 0.1) is 20.8 Å². The summed E-state index contributed by atoms with van der Waals surface area (Å²) in [6.45, 7) is 5.61. The Morgan fingerprint density at radius 3 is 2.14 bits per heavy atom. The average molecular weight is 688 g/mol. The summed E-state index contributed by atoms with van der Waals surface area (Å²) in [6.07, 6.45) is 1.62.